The molecule has 2 aromatic heterocycles. The summed E-state index contributed by atoms with van der Waals surface area (Å²) < 4.78 is 23.9. The maximum Gasteiger partial charge on any atom is 0.488 e. The molecule has 14 nitrogen and oxygen atoms in total. The molecule has 0 bridgehead atoms. The number of rotatable bonds is 6. The van der Waals surface area contributed by atoms with Gasteiger partial charge in [0.15, 0.2) is 0 Å². The van der Waals surface area contributed by atoms with Crippen LogP contribution >= 0.6 is 15.9 Å². The van der Waals surface area contributed by atoms with Crippen LogP contribution in [-0.4, -0.2) is 75.8 Å². The summed E-state index contributed by atoms with van der Waals surface area (Å²) in [5.74, 6) is -0.704. The van der Waals surface area contributed by atoms with Gasteiger partial charge in [-0.15, -0.1) is 0 Å². The quantitative estimate of drug-likeness (QED) is 0.101. The highest BCUT2D eigenvalue weighted by Crippen LogP contribution is 2.24. The molecule has 52 heavy (non-hydrogen) atoms. The van der Waals surface area contributed by atoms with Gasteiger partial charge in [0.1, 0.15) is 22.6 Å². The van der Waals surface area contributed by atoms with E-state index in [2.05, 4.69) is 31.3 Å². The number of aryl methyl sites for hydroxylation is 2. The SMILES string of the molecule is CC(C)(C)OC(=O)Nc1ccc(B(O)O)cc1.COC(=O)c1cc(-c2ccc(NC(=O)OC(C)(C)C)cc2)cn1C.COC(=O)c1cc(Br)cn1C. The van der Waals surface area contributed by atoms with E-state index in [-0.39, 0.29) is 11.9 Å². The van der Waals surface area contributed by atoms with Crippen molar-refractivity contribution >= 4 is 64.0 Å². The second kappa shape index (κ2) is 19.0. The van der Waals surface area contributed by atoms with Crippen LogP contribution in [0.4, 0.5) is 21.0 Å². The van der Waals surface area contributed by atoms with Gasteiger partial charge in [0.2, 0.25) is 0 Å². The summed E-state index contributed by atoms with van der Waals surface area (Å²) in [7, 11) is 4.78. The highest BCUT2D eigenvalue weighted by atomic mass is 79.9. The number of hydrogen-bond donors (Lipinski definition) is 4. The monoisotopic (exact) mass is 784 g/mol. The van der Waals surface area contributed by atoms with Gasteiger partial charge in [0.25, 0.3) is 0 Å². The molecule has 0 saturated heterocycles. The molecule has 280 valence electrons. The lowest BCUT2D eigenvalue weighted by Gasteiger charge is -2.19. The Hall–Kier alpha value is -5.06. The van der Waals surface area contributed by atoms with Crippen molar-refractivity contribution in [3.05, 3.63) is 88.9 Å². The molecule has 0 unspecified atom stereocenters. The number of ether oxygens (including phenoxy) is 4. The van der Waals surface area contributed by atoms with Crippen LogP contribution in [0, 0.1) is 0 Å². The summed E-state index contributed by atoms with van der Waals surface area (Å²) in [6.45, 7) is 10.8. The van der Waals surface area contributed by atoms with Crippen molar-refractivity contribution in [3.8, 4) is 11.1 Å². The zero-order chi connectivity index (χ0) is 39.4. The minimum Gasteiger partial charge on any atom is -0.464 e. The molecular formula is C36H46BBrN4O10. The maximum absolute atomic E-state index is 11.8. The number of methoxy groups -OCH3 is 2. The van der Waals surface area contributed by atoms with Crippen molar-refractivity contribution in [1.29, 1.82) is 0 Å². The van der Waals surface area contributed by atoms with Gasteiger partial charge in [-0.05, 0) is 105 Å². The number of esters is 2. The van der Waals surface area contributed by atoms with Crippen LogP contribution in [-0.2, 0) is 33.0 Å². The second-order valence-electron chi connectivity index (χ2n) is 13.2. The number of halogens is 1. The highest BCUT2D eigenvalue weighted by molar-refractivity contribution is 9.10. The van der Waals surface area contributed by atoms with E-state index in [0.29, 0.717) is 28.2 Å². The summed E-state index contributed by atoms with van der Waals surface area (Å²) in [5.41, 5.74) is 3.27. The molecule has 0 aliphatic rings. The average Bonchev–Trinajstić information content (AvgIpc) is 3.60. The van der Waals surface area contributed by atoms with Crippen LogP contribution in [0.2, 0.25) is 0 Å². The fourth-order valence-corrected chi connectivity index (χ4v) is 4.71. The Morgan fingerprint density at radius 1 is 0.654 bits per heavy atom. The van der Waals surface area contributed by atoms with Gasteiger partial charge in [-0.1, -0.05) is 24.3 Å². The number of carbonyl (C=O) groups excluding carboxylic acids is 4. The molecule has 0 radical (unpaired) electrons. The minimum absolute atomic E-state index is 0.321. The van der Waals surface area contributed by atoms with Crippen molar-refractivity contribution in [3.63, 3.8) is 0 Å². The first-order valence-corrected chi connectivity index (χ1v) is 16.6. The van der Waals surface area contributed by atoms with Gasteiger partial charge < -0.3 is 38.1 Å². The second-order valence-corrected chi connectivity index (χ2v) is 14.1. The van der Waals surface area contributed by atoms with Crippen LogP contribution in [0.3, 0.4) is 0 Å². The molecule has 16 heteroatoms. The molecule has 2 aromatic carbocycles. The van der Waals surface area contributed by atoms with Crippen LogP contribution < -0.4 is 16.1 Å². The predicted octanol–water partition coefficient (Wildman–Crippen LogP) is 6.11. The van der Waals surface area contributed by atoms with Gasteiger partial charge in [-0.25, -0.2) is 19.2 Å². The maximum atomic E-state index is 11.8. The van der Waals surface area contributed by atoms with Crippen molar-refractivity contribution in [2.75, 3.05) is 24.9 Å². The molecular weight excluding hydrogens is 739 g/mol. The van der Waals surface area contributed by atoms with Crippen molar-refractivity contribution in [2.24, 2.45) is 14.1 Å². The summed E-state index contributed by atoms with van der Waals surface area (Å²) >= 11 is 3.25. The Morgan fingerprint density at radius 3 is 1.42 bits per heavy atom. The highest BCUT2D eigenvalue weighted by Gasteiger charge is 2.18. The third kappa shape index (κ3) is 14.7. The Balaban J connectivity index is 0.000000291. The largest absolute Gasteiger partial charge is 0.488 e. The summed E-state index contributed by atoms with van der Waals surface area (Å²) in [5, 5.41) is 23.0. The van der Waals surface area contributed by atoms with E-state index < -0.39 is 30.5 Å². The van der Waals surface area contributed by atoms with Crippen molar-refractivity contribution in [2.45, 2.75) is 52.7 Å². The molecule has 4 rings (SSSR count). The first-order chi connectivity index (χ1) is 24.1. The van der Waals surface area contributed by atoms with E-state index in [1.807, 2.05) is 39.1 Å². The molecule has 0 saturated carbocycles. The van der Waals surface area contributed by atoms with E-state index in [1.54, 1.807) is 86.6 Å². The molecule has 2 amide bonds. The molecule has 0 aliphatic heterocycles. The van der Waals surface area contributed by atoms with Crippen LogP contribution in [0.1, 0.15) is 62.5 Å². The van der Waals surface area contributed by atoms with Gasteiger partial charge in [-0.3, -0.25) is 10.6 Å². The Labute approximate surface area is 312 Å². The Kier molecular flexibility index (Phi) is 15.7. The lowest BCUT2D eigenvalue weighted by atomic mass is 9.80. The molecule has 0 atom stereocenters. The molecule has 2 heterocycles. The molecule has 0 spiro atoms. The first kappa shape index (κ1) is 43.1. The van der Waals surface area contributed by atoms with E-state index >= 15 is 0 Å². The number of nitrogens with one attached hydrogen (secondary N) is 2. The predicted molar refractivity (Wildman–Crippen MR) is 203 cm³/mol. The van der Waals surface area contributed by atoms with E-state index in [0.717, 1.165) is 15.6 Å². The van der Waals surface area contributed by atoms with E-state index in [9.17, 15) is 19.2 Å². The third-order valence-corrected chi connectivity index (χ3v) is 6.92. The van der Waals surface area contributed by atoms with E-state index in [1.165, 1.54) is 26.4 Å². The fraction of sp³-hybridized carbons (Fsp3) is 0.333. The Bertz CT molecular complexity index is 1810. The zero-order valence-corrected chi connectivity index (χ0v) is 32.5. The van der Waals surface area contributed by atoms with Crippen molar-refractivity contribution < 1.29 is 48.2 Å². The number of nitrogens with zero attached hydrogens (tertiary/aromatic N) is 2. The van der Waals surface area contributed by atoms with Gasteiger partial charge in [0.05, 0.1) is 14.2 Å². The van der Waals surface area contributed by atoms with Gasteiger partial charge in [0, 0.05) is 47.9 Å². The summed E-state index contributed by atoms with van der Waals surface area (Å²) in [6, 6.07) is 16.9. The number of carbonyl (C=O) groups is 4. The topological polar surface area (TPSA) is 180 Å². The van der Waals surface area contributed by atoms with Crippen LogP contribution in [0.25, 0.3) is 11.1 Å². The van der Waals surface area contributed by atoms with Crippen LogP contribution in [0.15, 0.2) is 77.5 Å². The normalized spacial score (nSPS) is 10.7. The lowest BCUT2D eigenvalue weighted by Crippen LogP contribution is -2.30. The number of benzene rings is 2. The smallest absolute Gasteiger partial charge is 0.464 e. The fourth-order valence-electron chi connectivity index (χ4n) is 4.19. The number of anilines is 2. The molecule has 0 aliphatic carbocycles. The number of amides is 2. The summed E-state index contributed by atoms with van der Waals surface area (Å²) in [6.07, 6.45) is 2.60. The molecule has 4 N–H and O–H groups in total. The minimum atomic E-state index is -1.51. The standard InChI is InChI=1S/C18H22N2O4.C11H16BNO4.C7H8BrNO2/c1-18(2,3)24-17(22)19-14-8-6-12(7-9-14)13-10-15(16(21)23-5)20(4)11-13;1-11(2,3)17-10(14)13-9-6-4-8(5-7-9)12(15)16;1-9-4-5(8)3-6(9)7(10)11-2/h6-11H,1-5H3,(H,19,22);4-7,15-16H,1-3H3,(H,13,14);3-4H,1-2H3. The number of aromatic nitrogens is 2. The molecule has 0 fully saturated rings. The van der Waals surface area contributed by atoms with Gasteiger partial charge >= 0.3 is 31.2 Å². The van der Waals surface area contributed by atoms with Gasteiger partial charge in [-0.2, -0.15) is 0 Å². The average molecular weight is 785 g/mol. The lowest BCUT2D eigenvalue weighted by molar-refractivity contribution is 0.0581. The third-order valence-electron chi connectivity index (χ3n) is 6.48. The summed E-state index contributed by atoms with van der Waals surface area (Å²) in [4.78, 5) is 45.8. The zero-order valence-electron chi connectivity index (χ0n) is 30.9. The van der Waals surface area contributed by atoms with Crippen molar-refractivity contribution in [1.82, 2.24) is 9.13 Å². The molecule has 4 aromatic rings. The Morgan fingerprint density at radius 2 is 1.06 bits per heavy atom. The first-order valence-electron chi connectivity index (χ1n) is 15.8. The van der Waals surface area contributed by atoms with Crippen LogP contribution in [0.5, 0.6) is 0 Å². The van der Waals surface area contributed by atoms with E-state index in [4.69, 9.17) is 24.3 Å². The number of hydrogen-bond acceptors (Lipinski definition) is 10.